The zero-order chi connectivity index (χ0) is 5.11. The molecule has 0 atom stereocenters. The van der Waals surface area contributed by atoms with Crippen LogP contribution in [0.4, 0.5) is 0 Å². The van der Waals surface area contributed by atoms with Crippen LogP contribution in [-0.4, -0.2) is 15.4 Å². The van der Waals surface area contributed by atoms with Crippen molar-refractivity contribution in [1.82, 2.24) is 15.4 Å². The maximum atomic E-state index is 3.75. The first-order valence-electron chi connectivity index (χ1n) is 1.84. The molecule has 0 aliphatic carbocycles. The van der Waals surface area contributed by atoms with Crippen LogP contribution >= 0.6 is 32.9 Å². The van der Waals surface area contributed by atoms with Gasteiger partial charge in [-0.05, 0) is 0 Å². The number of H-pyrrole nitrogens is 1. The Morgan fingerprint density at radius 3 is 2.75 bits per heavy atom. The molecule has 0 fully saturated rings. The van der Waals surface area contributed by atoms with Crippen molar-refractivity contribution in [2.24, 2.45) is 0 Å². The van der Waals surface area contributed by atoms with Crippen LogP contribution in [-0.2, 0) is 5.33 Å². The molecule has 1 rings (SSSR count). The van der Waals surface area contributed by atoms with Gasteiger partial charge >= 0.3 is 0 Å². The molecular formula is C3H5Br2N3. The first-order chi connectivity index (χ1) is 3.43. The Hall–Kier alpha value is 0.1000. The molecule has 0 saturated carbocycles. The summed E-state index contributed by atoms with van der Waals surface area (Å²) < 4.78 is 0. The molecule has 0 radical (unpaired) electrons. The number of aromatic nitrogens is 3. The van der Waals surface area contributed by atoms with Crippen LogP contribution in [0.1, 0.15) is 5.69 Å². The predicted molar refractivity (Wildman–Crippen MR) is 39.3 cm³/mol. The highest BCUT2D eigenvalue weighted by Gasteiger charge is 1.86. The second-order valence-electron chi connectivity index (χ2n) is 1.09. The Morgan fingerprint density at radius 2 is 2.50 bits per heavy atom. The second-order valence-corrected chi connectivity index (χ2v) is 1.66. The van der Waals surface area contributed by atoms with Crippen molar-refractivity contribution in [2.75, 3.05) is 0 Å². The molecule has 0 saturated heterocycles. The Morgan fingerprint density at radius 1 is 1.75 bits per heavy atom. The van der Waals surface area contributed by atoms with Crippen LogP contribution in [0.5, 0.6) is 0 Å². The van der Waals surface area contributed by atoms with E-state index in [-0.39, 0.29) is 17.0 Å². The van der Waals surface area contributed by atoms with Crippen molar-refractivity contribution in [2.45, 2.75) is 5.33 Å². The normalized spacial score (nSPS) is 8.12. The maximum Gasteiger partial charge on any atom is 0.0929 e. The van der Waals surface area contributed by atoms with Crippen LogP contribution in [0.3, 0.4) is 0 Å². The third-order valence-electron chi connectivity index (χ3n) is 0.602. The van der Waals surface area contributed by atoms with Gasteiger partial charge in [0.1, 0.15) is 0 Å². The van der Waals surface area contributed by atoms with Crippen molar-refractivity contribution in [3.05, 3.63) is 11.9 Å². The Bertz CT molecular complexity index is 127. The second kappa shape index (κ2) is 4.03. The molecule has 0 amide bonds. The van der Waals surface area contributed by atoms with Crippen LogP contribution in [0.2, 0.25) is 0 Å². The molecule has 1 heterocycles. The lowest BCUT2D eigenvalue weighted by Crippen LogP contribution is -1.73. The molecule has 0 aliphatic rings. The standard InChI is InChI=1S/C3H4BrN3.BrH/c4-1-3-2-5-7-6-3;/h2H,1H2,(H,5,6,7);1H. The van der Waals surface area contributed by atoms with Crippen LogP contribution in [0.25, 0.3) is 0 Å². The lowest BCUT2D eigenvalue weighted by molar-refractivity contribution is 0.927. The molecule has 0 aromatic carbocycles. The van der Waals surface area contributed by atoms with Gasteiger partial charge in [-0.3, -0.25) is 0 Å². The Kier molecular flexibility index (Phi) is 4.08. The minimum absolute atomic E-state index is 0. The number of halogens is 2. The molecule has 5 heteroatoms. The van der Waals surface area contributed by atoms with E-state index in [1.807, 2.05) is 0 Å². The number of nitrogens with one attached hydrogen (secondary N) is 1. The topological polar surface area (TPSA) is 41.6 Å². The van der Waals surface area contributed by atoms with Gasteiger partial charge < -0.3 is 0 Å². The fourth-order valence-corrected chi connectivity index (χ4v) is 0.560. The molecule has 1 aromatic rings. The summed E-state index contributed by atoms with van der Waals surface area (Å²) in [6.45, 7) is 0. The van der Waals surface area contributed by atoms with Gasteiger partial charge in [0, 0.05) is 5.33 Å². The summed E-state index contributed by atoms with van der Waals surface area (Å²) in [6, 6.07) is 0. The number of aromatic amines is 1. The molecular weight excluding hydrogens is 238 g/mol. The number of hydrogen-bond acceptors (Lipinski definition) is 2. The molecule has 0 bridgehead atoms. The lowest BCUT2D eigenvalue weighted by Gasteiger charge is -1.73. The summed E-state index contributed by atoms with van der Waals surface area (Å²) in [5, 5.41) is 10.6. The van der Waals surface area contributed by atoms with E-state index in [2.05, 4.69) is 31.3 Å². The molecule has 46 valence electrons. The van der Waals surface area contributed by atoms with Crippen molar-refractivity contribution in [1.29, 1.82) is 0 Å². The summed E-state index contributed by atoms with van der Waals surface area (Å²) in [6.07, 6.45) is 1.68. The van der Waals surface area contributed by atoms with Crippen molar-refractivity contribution in [3.63, 3.8) is 0 Å². The minimum atomic E-state index is 0. The first kappa shape index (κ1) is 8.10. The monoisotopic (exact) mass is 241 g/mol. The summed E-state index contributed by atoms with van der Waals surface area (Å²) in [5.41, 5.74) is 0.931. The van der Waals surface area contributed by atoms with Gasteiger partial charge in [0.2, 0.25) is 0 Å². The third-order valence-corrected chi connectivity index (χ3v) is 1.18. The SMILES string of the molecule is Br.BrCc1cn[nH]n1. The Balaban J connectivity index is 0.000000490. The highest BCUT2D eigenvalue weighted by molar-refractivity contribution is 9.08. The molecule has 3 nitrogen and oxygen atoms in total. The average molecular weight is 243 g/mol. The number of nitrogens with zero attached hydrogens (tertiary/aromatic N) is 2. The van der Waals surface area contributed by atoms with Gasteiger partial charge in [-0.15, -0.1) is 17.0 Å². The Labute approximate surface area is 65.8 Å². The van der Waals surface area contributed by atoms with Crippen LogP contribution in [0, 0.1) is 0 Å². The summed E-state index contributed by atoms with van der Waals surface area (Å²) in [5.74, 6) is 0. The summed E-state index contributed by atoms with van der Waals surface area (Å²) in [4.78, 5) is 0. The molecule has 1 N–H and O–H groups in total. The van der Waals surface area contributed by atoms with E-state index in [9.17, 15) is 0 Å². The molecule has 1 aromatic heterocycles. The lowest BCUT2D eigenvalue weighted by atomic mass is 10.6. The zero-order valence-corrected chi connectivity index (χ0v) is 7.26. The zero-order valence-electron chi connectivity index (χ0n) is 3.97. The van der Waals surface area contributed by atoms with E-state index in [0.29, 0.717) is 0 Å². The maximum absolute atomic E-state index is 3.75. The minimum Gasteiger partial charge on any atom is -0.198 e. The molecule has 0 spiro atoms. The fraction of sp³-hybridized carbons (Fsp3) is 0.333. The van der Waals surface area contributed by atoms with E-state index in [1.165, 1.54) is 0 Å². The van der Waals surface area contributed by atoms with Gasteiger partial charge in [0.05, 0.1) is 11.9 Å². The van der Waals surface area contributed by atoms with E-state index in [4.69, 9.17) is 0 Å². The summed E-state index contributed by atoms with van der Waals surface area (Å²) in [7, 11) is 0. The number of hydrogen-bond donors (Lipinski definition) is 1. The van der Waals surface area contributed by atoms with E-state index < -0.39 is 0 Å². The van der Waals surface area contributed by atoms with Gasteiger partial charge in [-0.1, -0.05) is 15.9 Å². The molecule has 0 unspecified atom stereocenters. The third kappa shape index (κ3) is 1.92. The van der Waals surface area contributed by atoms with Gasteiger partial charge in [-0.2, -0.15) is 15.4 Å². The van der Waals surface area contributed by atoms with Crippen molar-refractivity contribution in [3.8, 4) is 0 Å². The van der Waals surface area contributed by atoms with E-state index in [0.717, 1.165) is 11.0 Å². The number of alkyl halides is 1. The number of rotatable bonds is 1. The first-order valence-corrected chi connectivity index (χ1v) is 2.96. The van der Waals surface area contributed by atoms with Crippen LogP contribution in [0.15, 0.2) is 6.20 Å². The van der Waals surface area contributed by atoms with Crippen molar-refractivity contribution >= 4 is 32.9 Å². The largest absolute Gasteiger partial charge is 0.198 e. The highest BCUT2D eigenvalue weighted by atomic mass is 79.9. The van der Waals surface area contributed by atoms with Gasteiger partial charge in [-0.25, -0.2) is 0 Å². The molecule has 8 heavy (non-hydrogen) atoms. The van der Waals surface area contributed by atoms with Crippen LogP contribution < -0.4 is 0 Å². The molecule has 0 aliphatic heterocycles. The van der Waals surface area contributed by atoms with E-state index >= 15 is 0 Å². The quantitative estimate of drug-likeness (QED) is 0.754. The van der Waals surface area contributed by atoms with Gasteiger partial charge in [0.25, 0.3) is 0 Å². The highest BCUT2D eigenvalue weighted by Crippen LogP contribution is 1.94. The smallest absolute Gasteiger partial charge is 0.0929 e. The fourth-order valence-electron chi connectivity index (χ4n) is 0.290. The van der Waals surface area contributed by atoms with Gasteiger partial charge in [0.15, 0.2) is 0 Å². The average Bonchev–Trinajstić information content (AvgIpc) is 2.14. The predicted octanol–water partition coefficient (Wildman–Crippen LogP) is 1.28. The van der Waals surface area contributed by atoms with E-state index in [1.54, 1.807) is 6.20 Å². The van der Waals surface area contributed by atoms with Crippen molar-refractivity contribution < 1.29 is 0 Å². The summed E-state index contributed by atoms with van der Waals surface area (Å²) >= 11 is 3.21.